The van der Waals surface area contributed by atoms with E-state index in [1.54, 1.807) is 30.3 Å². The highest BCUT2D eigenvalue weighted by Crippen LogP contribution is 2.33. The number of amides is 1. The van der Waals surface area contributed by atoms with Crippen LogP contribution < -0.4 is 14.8 Å². The minimum atomic E-state index is -3.60. The van der Waals surface area contributed by atoms with Gasteiger partial charge >= 0.3 is 0 Å². The van der Waals surface area contributed by atoms with Crippen molar-refractivity contribution in [1.29, 1.82) is 0 Å². The zero-order valence-corrected chi connectivity index (χ0v) is 17.2. The van der Waals surface area contributed by atoms with Gasteiger partial charge in [-0.2, -0.15) is 0 Å². The molecular formula is C20H24N2O5S. The van der Waals surface area contributed by atoms with E-state index in [1.165, 1.54) is 40.4 Å². The van der Waals surface area contributed by atoms with Gasteiger partial charge in [-0.25, -0.2) is 12.7 Å². The summed E-state index contributed by atoms with van der Waals surface area (Å²) in [4.78, 5) is 12.8. The summed E-state index contributed by atoms with van der Waals surface area (Å²) < 4.78 is 36.4. The Morgan fingerprint density at radius 1 is 1.18 bits per heavy atom. The third-order valence-corrected chi connectivity index (χ3v) is 5.86. The molecule has 2 aromatic carbocycles. The molecule has 0 fully saturated rings. The van der Waals surface area contributed by atoms with E-state index in [9.17, 15) is 13.2 Å². The fourth-order valence-corrected chi connectivity index (χ4v) is 3.58. The maximum absolute atomic E-state index is 12.7. The van der Waals surface area contributed by atoms with Crippen molar-refractivity contribution in [3.63, 3.8) is 0 Å². The number of benzene rings is 2. The molecule has 2 rings (SSSR count). The normalized spacial score (nSPS) is 11.2. The zero-order valence-electron chi connectivity index (χ0n) is 16.4. The van der Waals surface area contributed by atoms with Crippen LogP contribution in [0.25, 0.3) is 0 Å². The second-order valence-corrected chi connectivity index (χ2v) is 8.28. The first kappa shape index (κ1) is 21.5. The molecule has 0 aliphatic heterocycles. The molecule has 1 N–H and O–H groups in total. The topological polar surface area (TPSA) is 84.9 Å². The standard InChI is InChI=1S/C20H24N2O5S/c1-6-8-14-11-15(12-18(26-4)19(14)27-5)20(23)21-16-9-7-10-17(13-16)28(24,25)22(2)3/h6-7,9-13H,1,8H2,2-5H3,(H,21,23). The molecule has 150 valence electrons. The lowest BCUT2D eigenvalue weighted by atomic mass is 10.0. The highest BCUT2D eigenvalue weighted by Gasteiger charge is 2.19. The molecule has 0 heterocycles. The van der Waals surface area contributed by atoms with E-state index in [0.29, 0.717) is 29.2 Å². The van der Waals surface area contributed by atoms with E-state index in [4.69, 9.17) is 9.47 Å². The third-order valence-electron chi connectivity index (χ3n) is 4.05. The average Bonchev–Trinajstić information content (AvgIpc) is 2.67. The van der Waals surface area contributed by atoms with Crippen molar-refractivity contribution in [1.82, 2.24) is 4.31 Å². The Kier molecular flexibility index (Phi) is 6.82. The summed E-state index contributed by atoms with van der Waals surface area (Å²) in [7, 11) is 2.32. The molecule has 7 nitrogen and oxygen atoms in total. The van der Waals surface area contributed by atoms with Crippen LogP contribution in [-0.4, -0.2) is 46.9 Å². The van der Waals surface area contributed by atoms with Gasteiger partial charge in [0.1, 0.15) is 0 Å². The highest BCUT2D eigenvalue weighted by atomic mass is 32.2. The van der Waals surface area contributed by atoms with Gasteiger partial charge in [0.05, 0.1) is 19.1 Å². The van der Waals surface area contributed by atoms with E-state index in [1.807, 2.05) is 0 Å². The monoisotopic (exact) mass is 404 g/mol. The molecule has 0 aliphatic carbocycles. The van der Waals surface area contributed by atoms with Crippen molar-refractivity contribution in [2.45, 2.75) is 11.3 Å². The molecule has 0 aliphatic rings. The third kappa shape index (κ3) is 4.52. The minimum absolute atomic E-state index is 0.0926. The summed E-state index contributed by atoms with van der Waals surface area (Å²) in [6, 6.07) is 9.35. The molecule has 0 aromatic heterocycles. The number of sulfonamides is 1. The Morgan fingerprint density at radius 2 is 1.89 bits per heavy atom. The number of ether oxygens (including phenoxy) is 2. The number of nitrogens with zero attached hydrogens (tertiary/aromatic N) is 1. The van der Waals surface area contributed by atoms with Crippen molar-refractivity contribution in [3.8, 4) is 11.5 Å². The number of hydrogen-bond donors (Lipinski definition) is 1. The molecule has 0 bridgehead atoms. The van der Waals surface area contributed by atoms with Crippen LogP contribution in [0, 0.1) is 0 Å². The molecule has 0 atom stereocenters. The largest absolute Gasteiger partial charge is 0.493 e. The fourth-order valence-electron chi connectivity index (χ4n) is 2.63. The number of hydrogen-bond acceptors (Lipinski definition) is 5. The molecule has 2 aromatic rings. The first-order valence-corrected chi connectivity index (χ1v) is 9.88. The Bertz CT molecular complexity index is 984. The Labute approximate surface area is 165 Å². The molecule has 0 saturated heterocycles. The van der Waals surface area contributed by atoms with Crippen LogP contribution in [0.4, 0.5) is 5.69 Å². The number of carbonyl (C=O) groups excluding carboxylic acids is 1. The van der Waals surface area contributed by atoms with Crippen molar-refractivity contribution < 1.29 is 22.7 Å². The van der Waals surface area contributed by atoms with Crippen LogP contribution in [0.1, 0.15) is 15.9 Å². The quantitative estimate of drug-likeness (QED) is 0.684. The van der Waals surface area contributed by atoms with Gasteiger partial charge in [-0.15, -0.1) is 6.58 Å². The summed E-state index contributed by atoms with van der Waals surface area (Å²) in [6.07, 6.45) is 2.20. The van der Waals surface area contributed by atoms with E-state index in [2.05, 4.69) is 11.9 Å². The van der Waals surface area contributed by atoms with Crippen molar-refractivity contribution >= 4 is 21.6 Å². The average molecular weight is 404 g/mol. The molecule has 8 heteroatoms. The lowest BCUT2D eigenvalue weighted by molar-refractivity contribution is 0.102. The van der Waals surface area contributed by atoms with Gasteiger partial charge in [-0.3, -0.25) is 4.79 Å². The molecule has 0 saturated carbocycles. The van der Waals surface area contributed by atoms with Crippen LogP contribution in [0.2, 0.25) is 0 Å². The Hall–Kier alpha value is -2.84. The van der Waals surface area contributed by atoms with E-state index < -0.39 is 15.9 Å². The maximum Gasteiger partial charge on any atom is 0.255 e. The second-order valence-electron chi connectivity index (χ2n) is 6.13. The van der Waals surface area contributed by atoms with E-state index in [0.717, 1.165) is 9.87 Å². The smallest absolute Gasteiger partial charge is 0.255 e. The summed E-state index contributed by atoms with van der Waals surface area (Å²) in [5.74, 6) is 0.569. The van der Waals surface area contributed by atoms with Crippen LogP contribution in [0.15, 0.2) is 53.9 Å². The first-order valence-electron chi connectivity index (χ1n) is 8.44. The van der Waals surface area contributed by atoms with Gasteiger partial charge in [-0.1, -0.05) is 12.1 Å². The summed E-state index contributed by atoms with van der Waals surface area (Å²) in [5.41, 5.74) is 1.48. The first-order chi connectivity index (χ1) is 13.2. The number of carbonyl (C=O) groups is 1. The van der Waals surface area contributed by atoms with E-state index in [-0.39, 0.29) is 4.90 Å². The van der Waals surface area contributed by atoms with Crippen molar-refractivity contribution in [2.24, 2.45) is 0 Å². The summed E-state index contributed by atoms with van der Waals surface area (Å²) in [5, 5.41) is 2.72. The Balaban J connectivity index is 2.38. The SMILES string of the molecule is C=CCc1cc(C(=O)Nc2cccc(S(=O)(=O)N(C)C)c2)cc(OC)c1OC. The number of anilines is 1. The molecule has 0 unspecified atom stereocenters. The number of methoxy groups -OCH3 is 2. The second kappa shape index (κ2) is 8.90. The number of rotatable bonds is 8. The summed E-state index contributed by atoms with van der Waals surface area (Å²) in [6.45, 7) is 3.72. The molecule has 0 spiro atoms. The van der Waals surface area contributed by atoms with Gasteiger partial charge in [0.2, 0.25) is 10.0 Å². The van der Waals surface area contributed by atoms with E-state index >= 15 is 0 Å². The highest BCUT2D eigenvalue weighted by molar-refractivity contribution is 7.89. The van der Waals surface area contributed by atoms with Crippen molar-refractivity contribution in [3.05, 3.63) is 60.2 Å². The predicted molar refractivity (Wildman–Crippen MR) is 109 cm³/mol. The lowest BCUT2D eigenvalue weighted by Crippen LogP contribution is -2.22. The van der Waals surface area contributed by atoms with Gasteiger partial charge < -0.3 is 14.8 Å². The molecule has 1 amide bonds. The number of nitrogens with one attached hydrogen (secondary N) is 1. The fraction of sp³-hybridized carbons (Fsp3) is 0.250. The van der Waals surface area contributed by atoms with Crippen LogP contribution >= 0.6 is 0 Å². The summed E-state index contributed by atoms with van der Waals surface area (Å²) >= 11 is 0. The van der Waals surface area contributed by atoms with Gasteiger partial charge in [0, 0.05) is 30.9 Å². The lowest BCUT2D eigenvalue weighted by Gasteiger charge is -2.15. The van der Waals surface area contributed by atoms with Crippen LogP contribution in [-0.2, 0) is 16.4 Å². The van der Waals surface area contributed by atoms with Crippen molar-refractivity contribution in [2.75, 3.05) is 33.6 Å². The van der Waals surface area contributed by atoms with Gasteiger partial charge in [0.15, 0.2) is 11.5 Å². The molecular weight excluding hydrogens is 380 g/mol. The zero-order chi connectivity index (χ0) is 20.9. The maximum atomic E-state index is 12.7. The minimum Gasteiger partial charge on any atom is -0.493 e. The van der Waals surface area contributed by atoms with Crippen LogP contribution in [0.3, 0.4) is 0 Å². The molecule has 28 heavy (non-hydrogen) atoms. The van der Waals surface area contributed by atoms with Gasteiger partial charge in [0.25, 0.3) is 5.91 Å². The number of allylic oxidation sites excluding steroid dienone is 1. The molecule has 0 radical (unpaired) electrons. The van der Waals surface area contributed by atoms with Crippen LogP contribution in [0.5, 0.6) is 11.5 Å². The Morgan fingerprint density at radius 3 is 2.46 bits per heavy atom. The predicted octanol–water partition coefficient (Wildman–Crippen LogP) is 2.93. The van der Waals surface area contributed by atoms with Gasteiger partial charge in [-0.05, 0) is 36.8 Å².